The number of carbonyl (C=O) groups is 1. The third-order valence-electron chi connectivity index (χ3n) is 2.98. The van der Waals surface area contributed by atoms with E-state index >= 15 is 0 Å². The van der Waals surface area contributed by atoms with Crippen LogP contribution in [0.1, 0.15) is 6.42 Å². The first-order valence-electron chi connectivity index (χ1n) is 6.44. The molecule has 9 heteroatoms. The average Bonchev–Trinajstić information content (AvgIpc) is 2.42. The molecule has 0 bridgehead atoms. The zero-order chi connectivity index (χ0) is 14.6. The molecule has 0 aliphatic carbocycles. The minimum atomic E-state index is -3.35. The van der Waals surface area contributed by atoms with Crippen LogP contribution in [0.3, 0.4) is 0 Å². The summed E-state index contributed by atoms with van der Waals surface area (Å²) < 4.78 is 26.4. The van der Waals surface area contributed by atoms with E-state index in [2.05, 4.69) is 15.0 Å². The van der Waals surface area contributed by atoms with Gasteiger partial charge in [-0.25, -0.2) is 8.42 Å². The van der Waals surface area contributed by atoms with Crippen molar-refractivity contribution in [2.75, 3.05) is 32.4 Å². The zero-order valence-corrected chi connectivity index (χ0v) is 13.3. The maximum atomic E-state index is 11.9. The summed E-state index contributed by atoms with van der Waals surface area (Å²) in [5.74, 6) is 0.172. The summed E-state index contributed by atoms with van der Waals surface area (Å²) in [6.07, 6.45) is 5.64. The van der Waals surface area contributed by atoms with E-state index in [1.807, 2.05) is 7.05 Å². The summed E-state index contributed by atoms with van der Waals surface area (Å²) in [6.45, 7) is 1.76. The lowest BCUT2D eigenvalue weighted by Crippen LogP contribution is -2.38. The molecule has 0 saturated heterocycles. The second-order valence-electron chi connectivity index (χ2n) is 4.56. The van der Waals surface area contributed by atoms with E-state index in [0.29, 0.717) is 24.5 Å². The molecule has 2 heterocycles. The molecule has 1 amide bonds. The summed E-state index contributed by atoms with van der Waals surface area (Å²) in [6, 6.07) is 0. The van der Waals surface area contributed by atoms with E-state index in [9.17, 15) is 13.2 Å². The molecule has 0 radical (unpaired) electrons. The normalized spacial score (nSPS) is 19.0. The van der Waals surface area contributed by atoms with Crippen molar-refractivity contribution in [2.24, 2.45) is 4.40 Å². The van der Waals surface area contributed by atoms with E-state index in [1.165, 1.54) is 0 Å². The first-order chi connectivity index (χ1) is 9.52. The van der Waals surface area contributed by atoms with Crippen LogP contribution >= 0.6 is 12.4 Å². The monoisotopic (exact) mass is 334 g/mol. The maximum absolute atomic E-state index is 11.9. The molecule has 7 nitrogen and oxygen atoms in total. The van der Waals surface area contributed by atoms with Gasteiger partial charge in [0, 0.05) is 19.3 Å². The number of halogens is 1. The smallest absolute Gasteiger partial charge is 0.256 e. The largest absolute Gasteiger partial charge is 0.352 e. The van der Waals surface area contributed by atoms with Crippen LogP contribution in [0.4, 0.5) is 0 Å². The highest BCUT2D eigenvalue weighted by molar-refractivity contribution is 7.90. The second kappa shape index (κ2) is 7.58. The van der Waals surface area contributed by atoms with Crippen molar-refractivity contribution in [2.45, 2.75) is 6.42 Å². The Labute approximate surface area is 130 Å². The van der Waals surface area contributed by atoms with E-state index in [4.69, 9.17) is 0 Å². The molecule has 2 rings (SSSR count). The van der Waals surface area contributed by atoms with Gasteiger partial charge in [0.2, 0.25) is 0 Å². The van der Waals surface area contributed by atoms with Crippen molar-refractivity contribution in [3.8, 4) is 0 Å². The summed E-state index contributed by atoms with van der Waals surface area (Å²) in [7, 11) is -1.49. The van der Waals surface area contributed by atoms with Crippen molar-refractivity contribution in [1.82, 2.24) is 15.5 Å². The van der Waals surface area contributed by atoms with Crippen LogP contribution in [0.2, 0.25) is 0 Å². The predicted octanol–water partition coefficient (Wildman–Crippen LogP) is -0.368. The molecule has 0 unspecified atom stereocenters. The van der Waals surface area contributed by atoms with Crippen LogP contribution in [0, 0.1) is 0 Å². The Morgan fingerprint density at radius 2 is 2.14 bits per heavy atom. The highest BCUT2D eigenvalue weighted by Crippen LogP contribution is 2.15. The molecular formula is C12H19ClN4O3S. The summed E-state index contributed by atoms with van der Waals surface area (Å²) >= 11 is 0. The lowest BCUT2D eigenvalue weighted by molar-refractivity contribution is -0.117. The van der Waals surface area contributed by atoms with Gasteiger partial charge in [-0.2, -0.15) is 0 Å². The number of fused-ring (bicyclic) bond motifs is 1. The van der Waals surface area contributed by atoms with Gasteiger partial charge in [0.25, 0.3) is 15.9 Å². The van der Waals surface area contributed by atoms with Crippen LogP contribution in [-0.2, 0) is 14.8 Å². The van der Waals surface area contributed by atoms with Gasteiger partial charge < -0.3 is 15.5 Å². The Balaban J connectivity index is 0.00000220. The fourth-order valence-electron chi connectivity index (χ4n) is 1.90. The molecular weight excluding hydrogens is 316 g/mol. The molecule has 0 atom stereocenters. The molecule has 0 spiro atoms. The van der Waals surface area contributed by atoms with Crippen molar-refractivity contribution in [3.63, 3.8) is 0 Å². The van der Waals surface area contributed by atoms with Gasteiger partial charge in [0.1, 0.15) is 5.84 Å². The lowest BCUT2D eigenvalue weighted by atomic mass is 10.2. The van der Waals surface area contributed by atoms with Crippen molar-refractivity contribution in [3.05, 3.63) is 23.9 Å². The molecule has 0 aromatic heterocycles. The van der Waals surface area contributed by atoms with Gasteiger partial charge in [-0.15, -0.1) is 16.8 Å². The van der Waals surface area contributed by atoms with E-state index < -0.39 is 10.0 Å². The first-order valence-corrected chi connectivity index (χ1v) is 8.05. The Bertz CT molecular complexity index is 583. The molecule has 2 aliphatic rings. The summed E-state index contributed by atoms with van der Waals surface area (Å²) in [5.41, 5.74) is 0.507. The highest BCUT2D eigenvalue weighted by Gasteiger charge is 2.24. The Morgan fingerprint density at radius 1 is 1.38 bits per heavy atom. The van der Waals surface area contributed by atoms with Crippen LogP contribution in [-0.4, -0.2) is 57.5 Å². The zero-order valence-electron chi connectivity index (χ0n) is 11.7. The second-order valence-corrected chi connectivity index (χ2v) is 6.31. The minimum Gasteiger partial charge on any atom is -0.352 e. The van der Waals surface area contributed by atoms with E-state index in [-0.39, 0.29) is 24.1 Å². The molecule has 118 valence electrons. The SMILES string of the molecule is CNCCCNC(=O)C1=CN2CCS(=O)(=O)N=C2C=C1.Cl. The van der Waals surface area contributed by atoms with Crippen LogP contribution in [0.15, 0.2) is 28.3 Å². The third-order valence-corrected chi connectivity index (χ3v) is 4.14. The quantitative estimate of drug-likeness (QED) is 0.670. The van der Waals surface area contributed by atoms with Gasteiger partial charge in [0.15, 0.2) is 0 Å². The van der Waals surface area contributed by atoms with Crippen molar-refractivity contribution >= 4 is 34.2 Å². The average molecular weight is 335 g/mol. The number of hydrogen-bond acceptors (Lipinski definition) is 5. The van der Waals surface area contributed by atoms with E-state index in [1.54, 1.807) is 23.3 Å². The maximum Gasteiger partial charge on any atom is 0.256 e. The number of nitrogens with one attached hydrogen (secondary N) is 2. The molecule has 0 aromatic carbocycles. The molecule has 2 aliphatic heterocycles. The van der Waals surface area contributed by atoms with Gasteiger partial charge in [0.05, 0.1) is 11.3 Å². The predicted molar refractivity (Wildman–Crippen MR) is 84.0 cm³/mol. The Morgan fingerprint density at radius 3 is 2.86 bits per heavy atom. The number of carbonyl (C=O) groups excluding carboxylic acids is 1. The lowest BCUT2D eigenvalue weighted by Gasteiger charge is -2.26. The topological polar surface area (TPSA) is 90.9 Å². The van der Waals surface area contributed by atoms with Gasteiger partial charge in [-0.05, 0) is 32.2 Å². The third kappa shape index (κ3) is 4.83. The molecule has 0 saturated carbocycles. The van der Waals surface area contributed by atoms with Crippen molar-refractivity contribution in [1.29, 1.82) is 0 Å². The summed E-state index contributed by atoms with van der Waals surface area (Å²) in [5, 5.41) is 5.82. The molecule has 0 aromatic rings. The van der Waals surface area contributed by atoms with Crippen LogP contribution < -0.4 is 10.6 Å². The number of amides is 1. The Hall–Kier alpha value is -1.38. The molecule has 0 fully saturated rings. The summed E-state index contributed by atoms with van der Waals surface area (Å²) in [4.78, 5) is 13.6. The molecule has 21 heavy (non-hydrogen) atoms. The minimum absolute atomic E-state index is 0. The highest BCUT2D eigenvalue weighted by atomic mass is 35.5. The Kier molecular flexibility index (Phi) is 6.38. The van der Waals surface area contributed by atoms with Crippen LogP contribution in [0.5, 0.6) is 0 Å². The number of hydrogen-bond donors (Lipinski definition) is 2. The van der Waals surface area contributed by atoms with Gasteiger partial charge in [-0.3, -0.25) is 4.79 Å². The van der Waals surface area contributed by atoms with Crippen LogP contribution in [0.25, 0.3) is 0 Å². The van der Waals surface area contributed by atoms with Crippen molar-refractivity contribution < 1.29 is 13.2 Å². The van der Waals surface area contributed by atoms with Gasteiger partial charge in [-0.1, -0.05) is 0 Å². The fourth-order valence-corrected chi connectivity index (χ4v) is 2.87. The first kappa shape index (κ1) is 17.7. The number of amidine groups is 1. The number of sulfonamides is 1. The number of nitrogens with zero attached hydrogens (tertiary/aromatic N) is 2. The van der Waals surface area contributed by atoms with E-state index in [0.717, 1.165) is 13.0 Å². The molecule has 2 N–H and O–H groups in total. The van der Waals surface area contributed by atoms with Gasteiger partial charge >= 0.3 is 0 Å². The fraction of sp³-hybridized carbons (Fsp3) is 0.500. The standard InChI is InChI=1S/C12H18N4O3S.ClH/c1-13-5-2-6-14-12(17)10-3-4-11-15-20(18,19)8-7-16(11)9-10;/h3-4,9,13H,2,5-8H2,1H3,(H,14,17);1H. The number of rotatable bonds is 5.